The van der Waals surface area contributed by atoms with Crippen LogP contribution < -0.4 is 61.6 Å². The van der Waals surface area contributed by atoms with Gasteiger partial charge < -0.3 is 22.4 Å². The Balaban J connectivity index is 0.00000256. The van der Waals surface area contributed by atoms with Crippen molar-refractivity contribution in [1.82, 2.24) is 0 Å². The summed E-state index contributed by atoms with van der Waals surface area (Å²) in [5, 5.41) is 0. The maximum atomic E-state index is 12.6. The van der Waals surface area contributed by atoms with Crippen molar-refractivity contribution in [3.8, 4) is 5.75 Å². The molecule has 1 rings (SSSR count). The number of benzene rings is 1. The molecule has 0 amide bonds. The summed E-state index contributed by atoms with van der Waals surface area (Å²) in [5.41, 5.74) is -0.703. The second-order valence-corrected chi connectivity index (χ2v) is 3.47. The molecule has 1 unspecified atom stereocenters. The van der Waals surface area contributed by atoms with E-state index >= 15 is 0 Å². The molecular formula is C10H13BF3KO2. The first kappa shape index (κ1) is 17.5. The standard InChI is InChI=1S/C10H13BF3O2.K/c1-8(15-2)7-16-10-6-4-3-5-9(10)11(12,13)14;/h3-6,8H,7H2,1-2H3;/q-1;+1. The Labute approximate surface area is 141 Å². The average Bonchev–Trinajstić information content (AvgIpc) is 2.25. The number of rotatable bonds is 5. The van der Waals surface area contributed by atoms with Crippen LogP contribution in [0.5, 0.6) is 5.75 Å². The maximum absolute atomic E-state index is 12.6. The van der Waals surface area contributed by atoms with Gasteiger partial charge in [0, 0.05) is 7.11 Å². The Morgan fingerprint density at radius 2 is 1.82 bits per heavy atom. The van der Waals surface area contributed by atoms with Crippen LogP contribution >= 0.6 is 0 Å². The Morgan fingerprint density at radius 3 is 2.35 bits per heavy atom. The van der Waals surface area contributed by atoms with Gasteiger partial charge in [-0.3, -0.25) is 0 Å². The molecule has 0 aliphatic heterocycles. The minimum Gasteiger partial charge on any atom is -0.494 e. The van der Waals surface area contributed by atoms with Gasteiger partial charge in [0.15, 0.2) is 0 Å². The summed E-state index contributed by atoms with van der Waals surface area (Å²) < 4.78 is 47.8. The van der Waals surface area contributed by atoms with Gasteiger partial charge in [0.2, 0.25) is 0 Å². The molecule has 1 aromatic rings. The van der Waals surface area contributed by atoms with Gasteiger partial charge in [0.1, 0.15) is 6.61 Å². The zero-order valence-corrected chi connectivity index (χ0v) is 13.2. The van der Waals surface area contributed by atoms with Crippen LogP contribution in [0, 0.1) is 0 Å². The van der Waals surface area contributed by atoms with Crippen LogP contribution in [0.2, 0.25) is 0 Å². The van der Waals surface area contributed by atoms with Gasteiger partial charge in [0.25, 0.3) is 0 Å². The molecule has 1 atom stereocenters. The first-order valence-corrected chi connectivity index (χ1v) is 4.89. The molecule has 17 heavy (non-hydrogen) atoms. The van der Waals surface area contributed by atoms with Crippen molar-refractivity contribution in [2.75, 3.05) is 13.7 Å². The molecule has 0 spiro atoms. The van der Waals surface area contributed by atoms with Crippen LogP contribution in [0.1, 0.15) is 6.92 Å². The minimum atomic E-state index is -5.04. The SMILES string of the molecule is COC(C)COc1ccccc1[B-](F)(F)F.[K+]. The van der Waals surface area contributed by atoms with Crippen molar-refractivity contribution in [2.45, 2.75) is 13.0 Å². The van der Waals surface area contributed by atoms with Gasteiger partial charge in [-0.15, -0.1) is 0 Å². The third-order valence-corrected chi connectivity index (χ3v) is 2.15. The van der Waals surface area contributed by atoms with Crippen molar-refractivity contribution in [3.05, 3.63) is 24.3 Å². The van der Waals surface area contributed by atoms with Crippen LogP contribution in [0.4, 0.5) is 12.9 Å². The summed E-state index contributed by atoms with van der Waals surface area (Å²) in [6, 6.07) is 5.19. The Bertz CT molecular complexity index is 347. The van der Waals surface area contributed by atoms with Crippen molar-refractivity contribution < 1.29 is 73.8 Å². The average molecular weight is 272 g/mol. The molecule has 0 saturated heterocycles. The molecular weight excluding hydrogens is 259 g/mol. The fourth-order valence-electron chi connectivity index (χ4n) is 1.16. The van der Waals surface area contributed by atoms with E-state index < -0.39 is 12.4 Å². The quantitative estimate of drug-likeness (QED) is 0.651. The summed E-state index contributed by atoms with van der Waals surface area (Å²) in [6.07, 6.45) is -0.242. The molecule has 1 aromatic carbocycles. The maximum Gasteiger partial charge on any atom is 1.00 e. The van der Waals surface area contributed by atoms with Crippen LogP contribution in [-0.4, -0.2) is 26.8 Å². The molecule has 7 heteroatoms. The molecule has 0 radical (unpaired) electrons. The largest absolute Gasteiger partial charge is 1.00 e. The van der Waals surface area contributed by atoms with E-state index in [9.17, 15) is 12.9 Å². The Morgan fingerprint density at radius 1 is 1.24 bits per heavy atom. The van der Waals surface area contributed by atoms with Gasteiger partial charge in [0.05, 0.1) is 11.9 Å². The number of halogens is 3. The van der Waals surface area contributed by atoms with E-state index in [-0.39, 0.29) is 69.8 Å². The minimum absolute atomic E-state index is 0. The predicted octanol–water partition coefficient (Wildman–Crippen LogP) is -0.841. The molecule has 0 fully saturated rings. The molecule has 0 bridgehead atoms. The molecule has 0 aromatic heterocycles. The molecule has 0 heterocycles. The van der Waals surface area contributed by atoms with Crippen LogP contribution in [0.3, 0.4) is 0 Å². The van der Waals surface area contributed by atoms with E-state index in [1.165, 1.54) is 25.3 Å². The fraction of sp³-hybridized carbons (Fsp3) is 0.400. The third-order valence-electron chi connectivity index (χ3n) is 2.15. The van der Waals surface area contributed by atoms with Crippen molar-refractivity contribution in [3.63, 3.8) is 0 Å². The first-order valence-electron chi connectivity index (χ1n) is 4.89. The van der Waals surface area contributed by atoms with E-state index in [0.717, 1.165) is 6.07 Å². The second kappa shape index (κ2) is 7.81. The topological polar surface area (TPSA) is 18.5 Å². The van der Waals surface area contributed by atoms with Crippen LogP contribution in [0.25, 0.3) is 0 Å². The number of ether oxygens (including phenoxy) is 2. The number of para-hydroxylation sites is 1. The first-order chi connectivity index (χ1) is 7.45. The molecule has 90 valence electrons. The van der Waals surface area contributed by atoms with Crippen LogP contribution in [-0.2, 0) is 4.74 Å². The van der Waals surface area contributed by atoms with Gasteiger partial charge in [-0.25, -0.2) is 0 Å². The van der Waals surface area contributed by atoms with Crippen molar-refractivity contribution in [1.29, 1.82) is 0 Å². The molecule has 0 aliphatic carbocycles. The summed E-state index contributed by atoms with van der Waals surface area (Å²) in [6.45, 7) is -3.22. The van der Waals surface area contributed by atoms with Gasteiger partial charge in [-0.05, 0) is 13.0 Å². The van der Waals surface area contributed by atoms with E-state index in [0.29, 0.717) is 0 Å². The number of hydrogen-bond acceptors (Lipinski definition) is 2. The summed E-state index contributed by atoms with van der Waals surface area (Å²) in [4.78, 5) is 0. The third kappa shape index (κ3) is 5.76. The smallest absolute Gasteiger partial charge is 0.494 e. The van der Waals surface area contributed by atoms with E-state index in [1.807, 2.05) is 0 Å². The Kier molecular flexibility index (Phi) is 8.02. The van der Waals surface area contributed by atoms with E-state index in [4.69, 9.17) is 9.47 Å². The summed E-state index contributed by atoms with van der Waals surface area (Å²) in [7, 11) is 1.48. The zero-order chi connectivity index (χ0) is 12.2. The van der Waals surface area contributed by atoms with Crippen molar-refractivity contribution >= 4 is 12.4 Å². The second-order valence-electron chi connectivity index (χ2n) is 3.47. The fourth-order valence-corrected chi connectivity index (χ4v) is 1.16. The monoisotopic (exact) mass is 272 g/mol. The normalized spacial score (nSPS) is 12.8. The van der Waals surface area contributed by atoms with Crippen molar-refractivity contribution in [2.24, 2.45) is 0 Å². The molecule has 0 saturated carbocycles. The summed E-state index contributed by atoms with van der Waals surface area (Å²) >= 11 is 0. The van der Waals surface area contributed by atoms with Gasteiger partial charge >= 0.3 is 58.4 Å². The number of methoxy groups -OCH3 is 1. The molecule has 0 N–H and O–H groups in total. The molecule has 0 aliphatic rings. The van der Waals surface area contributed by atoms with Crippen LogP contribution in [0.15, 0.2) is 24.3 Å². The van der Waals surface area contributed by atoms with Gasteiger partial charge in [-0.2, -0.15) is 0 Å². The molecule has 2 nitrogen and oxygen atoms in total. The zero-order valence-electron chi connectivity index (χ0n) is 10.1. The Hall–Kier alpha value is 0.471. The van der Waals surface area contributed by atoms with E-state index in [1.54, 1.807) is 6.92 Å². The predicted molar refractivity (Wildman–Crippen MR) is 57.1 cm³/mol. The van der Waals surface area contributed by atoms with Gasteiger partial charge in [-0.1, -0.05) is 23.7 Å². The van der Waals surface area contributed by atoms with E-state index in [2.05, 4.69) is 0 Å². The number of hydrogen-bond donors (Lipinski definition) is 0. The summed E-state index contributed by atoms with van der Waals surface area (Å²) in [5.74, 6) is -0.140.